The highest BCUT2D eigenvalue weighted by atomic mass is 79.9. The number of ether oxygens (including phenoxy) is 1. The van der Waals surface area contributed by atoms with Gasteiger partial charge in [-0.15, -0.1) is 0 Å². The number of nitriles is 1. The van der Waals surface area contributed by atoms with Crippen LogP contribution in [0.1, 0.15) is 5.56 Å². The summed E-state index contributed by atoms with van der Waals surface area (Å²) < 4.78 is 32.8. The number of halogens is 3. The van der Waals surface area contributed by atoms with E-state index in [1.807, 2.05) is 11.0 Å². The number of rotatable bonds is 2. The normalized spacial score (nSPS) is 20.7. The van der Waals surface area contributed by atoms with Gasteiger partial charge in [-0.2, -0.15) is 5.26 Å². The zero-order valence-electron chi connectivity index (χ0n) is 9.50. The second kappa shape index (κ2) is 5.74. The molecule has 0 radical (unpaired) electrons. The van der Waals surface area contributed by atoms with Crippen LogP contribution in [0.2, 0.25) is 0 Å². The molecule has 1 heterocycles. The Hall–Kier alpha value is -1.03. The molecule has 0 bridgehead atoms. The fourth-order valence-electron chi connectivity index (χ4n) is 1.86. The van der Waals surface area contributed by atoms with Crippen LogP contribution in [0.15, 0.2) is 16.6 Å². The molecule has 1 aromatic rings. The molecule has 0 aromatic heterocycles. The van der Waals surface area contributed by atoms with Gasteiger partial charge >= 0.3 is 0 Å². The molecule has 1 atom stereocenters. The lowest BCUT2D eigenvalue weighted by molar-refractivity contribution is -0.00343. The van der Waals surface area contributed by atoms with Crippen molar-refractivity contribution in [2.75, 3.05) is 19.7 Å². The van der Waals surface area contributed by atoms with Crippen LogP contribution in [-0.2, 0) is 11.3 Å². The summed E-state index contributed by atoms with van der Waals surface area (Å²) >= 11 is 3.03. The molecule has 1 saturated heterocycles. The van der Waals surface area contributed by atoms with Crippen molar-refractivity contribution in [3.05, 3.63) is 33.8 Å². The molecule has 0 spiro atoms. The summed E-state index contributed by atoms with van der Waals surface area (Å²) in [6, 6.07) is 4.57. The van der Waals surface area contributed by atoms with Crippen LogP contribution in [0.4, 0.5) is 8.78 Å². The zero-order valence-corrected chi connectivity index (χ0v) is 11.1. The SMILES string of the molecule is N#CC1CN(Cc2c(F)ccc(Br)c2F)CCO1. The van der Waals surface area contributed by atoms with Gasteiger partial charge in [0.15, 0.2) is 6.10 Å². The van der Waals surface area contributed by atoms with Gasteiger partial charge in [0.05, 0.1) is 17.1 Å². The first-order valence-electron chi connectivity index (χ1n) is 5.47. The smallest absolute Gasteiger partial charge is 0.156 e. The van der Waals surface area contributed by atoms with E-state index >= 15 is 0 Å². The highest BCUT2D eigenvalue weighted by Gasteiger charge is 2.22. The van der Waals surface area contributed by atoms with Crippen LogP contribution >= 0.6 is 15.9 Å². The van der Waals surface area contributed by atoms with E-state index in [2.05, 4.69) is 15.9 Å². The van der Waals surface area contributed by atoms with Gasteiger partial charge in [0, 0.05) is 25.2 Å². The minimum Gasteiger partial charge on any atom is -0.361 e. The van der Waals surface area contributed by atoms with E-state index in [0.717, 1.165) is 0 Å². The summed E-state index contributed by atoms with van der Waals surface area (Å²) in [5.74, 6) is -1.16. The summed E-state index contributed by atoms with van der Waals surface area (Å²) in [7, 11) is 0. The molecule has 6 heteroatoms. The average Bonchev–Trinajstić information content (AvgIpc) is 2.39. The zero-order chi connectivity index (χ0) is 13.1. The summed E-state index contributed by atoms with van der Waals surface area (Å²) in [4.78, 5) is 1.81. The minimum atomic E-state index is -0.588. The predicted molar refractivity (Wildman–Crippen MR) is 64.7 cm³/mol. The molecule has 1 aromatic carbocycles. The Balaban J connectivity index is 2.14. The van der Waals surface area contributed by atoms with Crippen LogP contribution in [0.25, 0.3) is 0 Å². The fourth-order valence-corrected chi connectivity index (χ4v) is 2.23. The highest BCUT2D eigenvalue weighted by molar-refractivity contribution is 9.10. The molecule has 1 aliphatic heterocycles. The maximum absolute atomic E-state index is 13.8. The van der Waals surface area contributed by atoms with E-state index in [9.17, 15) is 8.78 Å². The molecular weight excluding hydrogens is 306 g/mol. The first-order valence-corrected chi connectivity index (χ1v) is 6.27. The van der Waals surface area contributed by atoms with Crippen molar-refractivity contribution in [3.8, 4) is 6.07 Å². The number of hydrogen-bond acceptors (Lipinski definition) is 3. The Bertz CT molecular complexity index is 490. The van der Waals surface area contributed by atoms with Crippen molar-refractivity contribution >= 4 is 15.9 Å². The third-order valence-corrected chi connectivity index (χ3v) is 3.43. The van der Waals surface area contributed by atoms with Crippen molar-refractivity contribution in [2.24, 2.45) is 0 Å². The number of nitrogens with zero attached hydrogens (tertiary/aromatic N) is 2. The van der Waals surface area contributed by atoms with Gasteiger partial charge in [-0.25, -0.2) is 8.78 Å². The molecule has 96 valence electrons. The lowest BCUT2D eigenvalue weighted by Crippen LogP contribution is -2.41. The molecule has 0 aliphatic carbocycles. The summed E-state index contributed by atoms with van der Waals surface area (Å²) in [5, 5.41) is 8.77. The van der Waals surface area contributed by atoms with E-state index in [1.165, 1.54) is 12.1 Å². The monoisotopic (exact) mass is 316 g/mol. The van der Waals surface area contributed by atoms with Gasteiger partial charge < -0.3 is 4.74 Å². The molecule has 1 aliphatic rings. The highest BCUT2D eigenvalue weighted by Crippen LogP contribution is 2.23. The van der Waals surface area contributed by atoms with E-state index in [1.54, 1.807) is 0 Å². The lowest BCUT2D eigenvalue weighted by atomic mass is 10.1. The maximum Gasteiger partial charge on any atom is 0.156 e. The molecule has 0 saturated carbocycles. The van der Waals surface area contributed by atoms with Crippen molar-refractivity contribution < 1.29 is 13.5 Å². The van der Waals surface area contributed by atoms with Crippen LogP contribution in [0.5, 0.6) is 0 Å². The van der Waals surface area contributed by atoms with Crippen molar-refractivity contribution in [1.29, 1.82) is 5.26 Å². The summed E-state index contributed by atoms with van der Waals surface area (Å²) in [5.41, 5.74) is 0.0166. The van der Waals surface area contributed by atoms with Gasteiger partial charge in [-0.05, 0) is 28.1 Å². The van der Waals surface area contributed by atoms with Crippen LogP contribution in [0, 0.1) is 23.0 Å². The summed E-state index contributed by atoms with van der Waals surface area (Å²) in [6.45, 7) is 1.46. The van der Waals surface area contributed by atoms with Gasteiger partial charge in [-0.1, -0.05) is 0 Å². The number of benzene rings is 1. The number of hydrogen-bond donors (Lipinski definition) is 0. The Morgan fingerprint density at radius 1 is 1.50 bits per heavy atom. The first kappa shape index (κ1) is 13.4. The quantitative estimate of drug-likeness (QED) is 0.786. The Labute approximate surface area is 112 Å². The average molecular weight is 317 g/mol. The van der Waals surface area contributed by atoms with Crippen molar-refractivity contribution in [3.63, 3.8) is 0 Å². The van der Waals surface area contributed by atoms with Crippen LogP contribution in [0.3, 0.4) is 0 Å². The maximum atomic E-state index is 13.8. The Kier molecular flexibility index (Phi) is 4.27. The van der Waals surface area contributed by atoms with Crippen molar-refractivity contribution in [1.82, 2.24) is 4.90 Å². The molecule has 3 nitrogen and oxygen atoms in total. The molecule has 1 fully saturated rings. The summed E-state index contributed by atoms with van der Waals surface area (Å²) in [6.07, 6.45) is -0.531. The molecule has 2 rings (SSSR count). The topological polar surface area (TPSA) is 36.3 Å². The van der Waals surface area contributed by atoms with Crippen molar-refractivity contribution in [2.45, 2.75) is 12.6 Å². The lowest BCUT2D eigenvalue weighted by Gasteiger charge is -2.29. The second-order valence-electron chi connectivity index (χ2n) is 4.05. The molecule has 0 amide bonds. The third-order valence-electron chi connectivity index (χ3n) is 2.82. The van der Waals surface area contributed by atoms with E-state index < -0.39 is 17.7 Å². The number of morpholine rings is 1. The third kappa shape index (κ3) is 2.86. The molecule has 18 heavy (non-hydrogen) atoms. The molecule has 0 N–H and O–H groups in total. The molecular formula is C12H11BrF2N2O. The standard InChI is InChI=1S/C12H11BrF2N2O/c13-10-1-2-11(14)9(12(10)15)7-17-3-4-18-8(5-16)6-17/h1-2,8H,3-4,6-7H2. The van der Waals surface area contributed by atoms with Crippen LogP contribution < -0.4 is 0 Å². The molecule has 1 unspecified atom stereocenters. The Morgan fingerprint density at radius 2 is 2.28 bits per heavy atom. The van der Waals surface area contributed by atoms with Gasteiger partial charge in [0.25, 0.3) is 0 Å². The fraction of sp³-hybridized carbons (Fsp3) is 0.417. The Morgan fingerprint density at radius 3 is 3.00 bits per heavy atom. The largest absolute Gasteiger partial charge is 0.361 e. The van der Waals surface area contributed by atoms with E-state index in [-0.39, 0.29) is 16.6 Å². The van der Waals surface area contributed by atoms with E-state index in [0.29, 0.717) is 19.7 Å². The van der Waals surface area contributed by atoms with Gasteiger partial charge in [-0.3, -0.25) is 4.90 Å². The second-order valence-corrected chi connectivity index (χ2v) is 4.90. The van der Waals surface area contributed by atoms with Crippen LogP contribution in [-0.4, -0.2) is 30.7 Å². The van der Waals surface area contributed by atoms with E-state index in [4.69, 9.17) is 10.00 Å². The van der Waals surface area contributed by atoms with Gasteiger partial charge in [0.1, 0.15) is 11.6 Å². The first-order chi connectivity index (χ1) is 8.61. The predicted octanol–water partition coefficient (Wildman–Crippen LogP) is 2.45. The van der Waals surface area contributed by atoms with Gasteiger partial charge in [0.2, 0.25) is 0 Å². The minimum absolute atomic E-state index is 0.0166.